The van der Waals surface area contributed by atoms with E-state index in [2.05, 4.69) is 68.5 Å². The fourth-order valence-corrected chi connectivity index (χ4v) is 2.19. The highest BCUT2D eigenvalue weighted by atomic mass is 79.9. The van der Waals surface area contributed by atoms with Gasteiger partial charge in [-0.25, -0.2) is 4.98 Å². The molecule has 0 aliphatic rings. The lowest BCUT2D eigenvalue weighted by atomic mass is 10.2. The van der Waals surface area contributed by atoms with E-state index in [1.807, 2.05) is 19.3 Å². The lowest BCUT2D eigenvalue weighted by Crippen LogP contribution is -2.18. The second kappa shape index (κ2) is 6.68. The van der Waals surface area contributed by atoms with Gasteiger partial charge in [-0.3, -0.25) is 0 Å². The van der Waals surface area contributed by atoms with E-state index in [0.717, 1.165) is 23.4 Å². The van der Waals surface area contributed by atoms with Crippen molar-refractivity contribution in [1.82, 2.24) is 10.3 Å². The summed E-state index contributed by atoms with van der Waals surface area (Å²) >= 11 is 3.45. The highest BCUT2D eigenvalue weighted by Crippen LogP contribution is 2.16. The Morgan fingerprint density at radius 1 is 1.16 bits per heavy atom. The van der Waals surface area contributed by atoms with Gasteiger partial charge in [-0.05, 0) is 42.4 Å². The van der Waals surface area contributed by atoms with Crippen molar-refractivity contribution in [2.45, 2.75) is 13.1 Å². The molecule has 1 heterocycles. The molecule has 0 aliphatic heterocycles. The highest BCUT2D eigenvalue weighted by Gasteiger charge is 2.04. The smallest absolute Gasteiger partial charge is 0.128 e. The molecule has 1 aromatic carbocycles. The summed E-state index contributed by atoms with van der Waals surface area (Å²) in [6.07, 6.45) is 1.86. The zero-order valence-electron chi connectivity index (χ0n) is 11.2. The molecule has 0 unspecified atom stereocenters. The average molecular weight is 320 g/mol. The lowest BCUT2D eigenvalue weighted by Gasteiger charge is -2.19. The Balaban J connectivity index is 2.08. The molecule has 2 rings (SSSR count). The summed E-state index contributed by atoms with van der Waals surface area (Å²) in [7, 11) is 4.01. The van der Waals surface area contributed by atoms with Gasteiger partial charge in [0.1, 0.15) is 5.82 Å². The minimum absolute atomic E-state index is 0.850. The van der Waals surface area contributed by atoms with Gasteiger partial charge in [-0.1, -0.05) is 28.1 Å². The van der Waals surface area contributed by atoms with Gasteiger partial charge >= 0.3 is 0 Å². The van der Waals surface area contributed by atoms with Crippen molar-refractivity contribution >= 4 is 21.7 Å². The molecule has 0 bridgehead atoms. The minimum Gasteiger partial charge on any atom is -0.355 e. The third-order valence-corrected chi connectivity index (χ3v) is 3.44. The molecule has 0 saturated heterocycles. The predicted octanol–water partition coefficient (Wildman–Crippen LogP) is 3.20. The summed E-state index contributed by atoms with van der Waals surface area (Å²) < 4.78 is 1.10. The van der Waals surface area contributed by atoms with Crippen LogP contribution in [0.25, 0.3) is 0 Å². The maximum atomic E-state index is 4.42. The summed E-state index contributed by atoms with van der Waals surface area (Å²) in [5, 5.41) is 3.15. The average Bonchev–Trinajstić information content (AvgIpc) is 2.42. The molecule has 2 aromatic rings. The summed E-state index contributed by atoms with van der Waals surface area (Å²) in [5.41, 5.74) is 2.52. The van der Waals surface area contributed by atoms with Crippen LogP contribution in [0.1, 0.15) is 11.1 Å². The quantitative estimate of drug-likeness (QED) is 0.917. The van der Waals surface area contributed by atoms with Crippen LogP contribution in [0.4, 0.5) is 5.82 Å². The first-order chi connectivity index (χ1) is 9.19. The molecule has 19 heavy (non-hydrogen) atoms. The van der Waals surface area contributed by atoms with Gasteiger partial charge in [0, 0.05) is 30.8 Å². The SMILES string of the molecule is CNCc1ccnc(N(C)Cc2ccc(Br)cc2)c1. The number of benzene rings is 1. The van der Waals surface area contributed by atoms with E-state index in [0.29, 0.717) is 0 Å². The van der Waals surface area contributed by atoms with Crippen LogP contribution < -0.4 is 10.2 Å². The fourth-order valence-electron chi connectivity index (χ4n) is 1.93. The van der Waals surface area contributed by atoms with E-state index in [1.165, 1.54) is 11.1 Å². The molecular weight excluding hydrogens is 302 g/mol. The Hall–Kier alpha value is -1.39. The zero-order valence-corrected chi connectivity index (χ0v) is 12.8. The molecule has 0 fully saturated rings. The lowest BCUT2D eigenvalue weighted by molar-refractivity contribution is 0.811. The van der Waals surface area contributed by atoms with Gasteiger partial charge in [0.25, 0.3) is 0 Å². The molecule has 4 heteroatoms. The van der Waals surface area contributed by atoms with Crippen LogP contribution in [0.2, 0.25) is 0 Å². The van der Waals surface area contributed by atoms with Crippen molar-refractivity contribution in [2.75, 3.05) is 19.0 Å². The van der Waals surface area contributed by atoms with Crippen LogP contribution in [0.5, 0.6) is 0 Å². The molecule has 0 radical (unpaired) electrons. The Morgan fingerprint density at radius 2 is 1.89 bits per heavy atom. The largest absolute Gasteiger partial charge is 0.355 e. The van der Waals surface area contributed by atoms with Crippen molar-refractivity contribution in [3.63, 3.8) is 0 Å². The van der Waals surface area contributed by atoms with E-state index in [1.54, 1.807) is 0 Å². The van der Waals surface area contributed by atoms with Crippen molar-refractivity contribution in [3.05, 3.63) is 58.2 Å². The maximum Gasteiger partial charge on any atom is 0.128 e. The van der Waals surface area contributed by atoms with Crippen LogP contribution in [0, 0.1) is 0 Å². The third-order valence-electron chi connectivity index (χ3n) is 2.91. The Kier molecular flexibility index (Phi) is 4.93. The molecule has 1 N–H and O–H groups in total. The zero-order chi connectivity index (χ0) is 13.7. The summed E-state index contributed by atoms with van der Waals surface area (Å²) in [6, 6.07) is 12.5. The molecule has 0 saturated carbocycles. The Labute approximate surface area is 122 Å². The third kappa shape index (κ3) is 4.04. The number of aromatic nitrogens is 1. The highest BCUT2D eigenvalue weighted by molar-refractivity contribution is 9.10. The van der Waals surface area contributed by atoms with Crippen molar-refractivity contribution < 1.29 is 0 Å². The molecule has 0 aliphatic carbocycles. The molecule has 0 spiro atoms. The molecule has 1 aromatic heterocycles. The summed E-state index contributed by atoms with van der Waals surface area (Å²) in [6.45, 7) is 1.71. The van der Waals surface area contributed by atoms with E-state index in [-0.39, 0.29) is 0 Å². The van der Waals surface area contributed by atoms with Gasteiger partial charge in [0.2, 0.25) is 0 Å². The number of pyridine rings is 1. The topological polar surface area (TPSA) is 28.2 Å². The normalized spacial score (nSPS) is 10.5. The van der Waals surface area contributed by atoms with E-state index in [9.17, 15) is 0 Å². The predicted molar refractivity (Wildman–Crippen MR) is 83.2 cm³/mol. The number of hydrogen-bond donors (Lipinski definition) is 1. The summed E-state index contributed by atoms with van der Waals surface area (Å²) in [5.74, 6) is 0.996. The monoisotopic (exact) mass is 319 g/mol. The second-order valence-corrected chi connectivity index (χ2v) is 5.45. The van der Waals surface area contributed by atoms with Crippen molar-refractivity contribution in [3.8, 4) is 0 Å². The minimum atomic E-state index is 0.850. The van der Waals surface area contributed by atoms with E-state index >= 15 is 0 Å². The number of anilines is 1. The van der Waals surface area contributed by atoms with Gasteiger partial charge in [-0.2, -0.15) is 0 Å². The number of rotatable bonds is 5. The first-order valence-corrected chi connectivity index (χ1v) is 7.03. The van der Waals surface area contributed by atoms with Gasteiger partial charge in [0.05, 0.1) is 0 Å². The standard InChI is InChI=1S/C15H18BrN3/c1-17-10-13-7-8-18-15(9-13)19(2)11-12-3-5-14(16)6-4-12/h3-9,17H,10-11H2,1-2H3. The van der Waals surface area contributed by atoms with Crippen LogP contribution >= 0.6 is 15.9 Å². The Bertz CT molecular complexity index is 525. The van der Waals surface area contributed by atoms with E-state index < -0.39 is 0 Å². The fraction of sp³-hybridized carbons (Fsp3) is 0.267. The Morgan fingerprint density at radius 3 is 2.58 bits per heavy atom. The van der Waals surface area contributed by atoms with Crippen LogP contribution in [0.15, 0.2) is 47.1 Å². The first-order valence-electron chi connectivity index (χ1n) is 6.24. The van der Waals surface area contributed by atoms with Crippen LogP contribution in [-0.4, -0.2) is 19.1 Å². The molecule has 0 amide bonds. The molecule has 100 valence electrons. The van der Waals surface area contributed by atoms with Crippen LogP contribution in [-0.2, 0) is 13.1 Å². The van der Waals surface area contributed by atoms with Crippen molar-refractivity contribution in [2.24, 2.45) is 0 Å². The second-order valence-electron chi connectivity index (χ2n) is 4.54. The first kappa shape index (κ1) is 14.0. The molecule has 0 atom stereocenters. The van der Waals surface area contributed by atoms with E-state index in [4.69, 9.17) is 0 Å². The van der Waals surface area contributed by atoms with Gasteiger partial charge in [-0.15, -0.1) is 0 Å². The number of halogens is 1. The maximum absolute atomic E-state index is 4.42. The van der Waals surface area contributed by atoms with Crippen molar-refractivity contribution in [1.29, 1.82) is 0 Å². The number of nitrogens with zero attached hydrogens (tertiary/aromatic N) is 2. The molecular formula is C15H18BrN3. The molecule has 3 nitrogen and oxygen atoms in total. The number of nitrogens with one attached hydrogen (secondary N) is 1. The summed E-state index contributed by atoms with van der Waals surface area (Å²) in [4.78, 5) is 6.58. The number of hydrogen-bond acceptors (Lipinski definition) is 3. The van der Waals surface area contributed by atoms with Gasteiger partial charge < -0.3 is 10.2 Å². The van der Waals surface area contributed by atoms with Crippen LogP contribution in [0.3, 0.4) is 0 Å². The van der Waals surface area contributed by atoms with Gasteiger partial charge in [0.15, 0.2) is 0 Å².